The van der Waals surface area contributed by atoms with Crippen LogP contribution in [-0.4, -0.2) is 35.7 Å². The number of nitrogens with one attached hydrogen (secondary N) is 1. The summed E-state index contributed by atoms with van der Waals surface area (Å²) >= 11 is 0. The quantitative estimate of drug-likeness (QED) is 0.638. The van der Waals surface area contributed by atoms with E-state index in [0.717, 1.165) is 0 Å². The number of carboxylic acids is 1. The van der Waals surface area contributed by atoms with Gasteiger partial charge in [-0.1, -0.05) is 0 Å². The fraction of sp³-hybridized carbons (Fsp3) is 0.750. The lowest BCUT2D eigenvalue weighted by atomic mass is 10.3. The summed E-state index contributed by atoms with van der Waals surface area (Å²) in [7, 11) is 0. The van der Waals surface area contributed by atoms with E-state index < -0.39 is 17.9 Å². The molecule has 0 heterocycles. The van der Waals surface area contributed by atoms with Gasteiger partial charge < -0.3 is 15.2 Å². The predicted molar refractivity (Wildman–Crippen MR) is 46.3 cm³/mol. The molecule has 5 heteroatoms. The van der Waals surface area contributed by atoms with Gasteiger partial charge in [0.15, 0.2) is 0 Å². The van der Waals surface area contributed by atoms with Gasteiger partial charge in [0.05, 0.1) is 6.10 Å². The Morgan fingerprint density at radius 3 is 2.31 bits per heavy atom. The summed E-state index contributed by atoms with van der Waals surface area (Å²) in [5, 5.41) is 10.7. The van der Waals surface area contributed by atoms with Gasteiger partial charge in [0, 0.05) is 0 Å². The van der Waals surface area contributed by atoms with Crippen LogP contribution in [0.2, 0.25) is 0 Å². The van der Waals surface area contributed by atoms with E-state index in [9.17, 15) is 9.59 Å². The summed E-state index contributed by atoms with van der Waals surface area (Å²) in [6, 6.07) is -0.872. The molecule has 0 unspecified atom stereocenters. The molecule has 0 aliphatic heterocycles. The average Bonchev–Trinajstić information content (AvgIpc) is 2.00. The summed E-state index contributed by atoms with van der Waals surface area (Å²) in [6.07, 6.45) is -0.0362. The molecule has 0 bridgehead atoms. The number of ether oxygens (including phenoxy) is 1. The molecule has 0 aromatic carbocycles. The van der Waals surface area contributed by atoms with Crippen LogP contribution >= 0.6 is 0 Å². The van der Waals surface area contributed by atoms with E-state index in [0.29, 0.717) is 0 Å². The Morgan fingerprint density at radius 2 is 1.92 bits per heavy atom. The summed E-state index contributed by atoms with van der Waals surface area (Å²) in [5.41, 5.74) is 0. The molecule has 0 rings (SSSR count). The highest BCUT2D eigenvalue weighted by Gasteiger charge is 2.13. The molecule has 0 spiro atoms. The third kappa shape index (κ3) is 6.10. The molecule has 76 valence electrons. The van der Waals surface area contributed by atoms with E-state index in [2.05, 4.69) is 5.32 Å². The van der Waals surface area contributed by atoms with Crippen LogP contribution in [0.25, 0.3) is 0 Å². The first kappa shape index (κ1) is 11.9. The van der Waals surface area contributed by atoms with E-state index in [4.69, 9.17) is 9.84 Å². The molecule has 1 amide bonds. The van der Waals surface area contributed by atoms with Crippen molar-refractivity contribution in [1.82, 2.24) is 5.32 Å². The molecular formula is C8H15NO4. The minimum atomic E-state index is -1.06. The van der Waals surface area contributed by atoms with Crippen LogP contribution in [0, 0.1) is 0 Å². The van der Waals surface area contributed by atoms with Crippen molar-refractivity contribution in [3.8, 4) is 0 Å². The van der Waals surface area contributed by atoms with Gasteiger partial charge in [0.1, 0.15) is 12.6 Å². The van der Waals surface area contributed by atoms with Crippen molar-refractivity contribution < 1.29 is 19.4 Å². The Kier molecular flexibility index (Phi) is 5.06. The van der Waals surface area contributed by atoms with Gasteiger partial charge >= 0.3 is 5.97 Å². The highest BCUT2D eigenvalue weighted by Crippen LogP contribution is 1.87. The van der Waals surface area contributed by atoms with Crippen LogP contribution in [0.3, 0.4) is 0 Å². The predicted octanol–water partition coefficient (Wildman–Crippen LogP) is 0.000700. The maximum Gasteiger partial charge on any atom is 0.325 e. The SMILES string of the molecule is CC(C)OCC(=O)N[C@@H](C)C(=O)O. The van der Waals surface area contributed by atoms with Crippen molar-refractivity contribution in [2.45, 2.75) is 32.9 Å². The normalized spacial score (nSPS) is 12.6. The first-order valence-corrected chi connectivity index (χ1v) is 4.07. The van der Waals surface area contributed by atoms with Gasteiger partial charge in [0.2, 0.25) is 5.91 Å². The second-order valence-corrected chi connectivity index (χ2v) is 2.99. The van der Waals surface area contributed by atoms with Crippen LogP contribution in [0.4, 0.5) is 0 Å². The van der Waals surface area contributed by atoms with Crippen LogP contribution in [-0.2, 0) is 14.3 Å². The van der Waals surface area contributed by atoms with Crippen LogP contribution in [0.15, 0.2) is 0 Å². The van der Waals surface area contributed by atoms with Gasteiger partial charge in [0.25, 0.3) is 0 Å². The fourth-order valence-electron chi connectivity index (χ4n) is 0.587. The van der Waals surface area contributed by atoms with E-state index in [1.807, 2.05) is 0 Å². The second kappa shape index (κ2) is 5.53. The highest BCUT2D eigenvalue weighted by atomic mass is 16.5. The zero-order valence-electron chi connectivity index (χ0n) is 8.03. The minimum absolute atomic E-state index is 0.0362. The monoisotopic (exact) mass is 189 g/mol. The summed E-state index contributed by atoms with van der Waals surface area (Å²) in [6.45, 7) is 4.90. The van der Waals surface area contributed by atoms with Crippen molar-refractivity contribution in [2.24, 2.45) is 0 Å². The fourth-order valence-corrected chi connectivity index (χ4v) is 0.587. The summed E-state index contributed by atoms with van der Waals surface area (Å²) in [4.78, 5) is 21.3. The van der Waals surface area contributed by atoms with Crippen LogP contribution in [0.5, 0.6) is 0 Å². The zero-order valence-corrected chi connectivity index (χ0v) is 8.03. The van der Waals surface area contributed by atoms with Crippen molar-refractivity contribution in [3.63, 3.8) is 0 Å². The average molecular weight is 189 g/mol. The number of rotatable bonds is 5. The molecule has 13 heavy (non-hydrogen) atoms. The first-order valence-electron chi connectivity index (χ1n) is 4.07. The van der Waals surface area contributed by atoms with Gasteiger partial charge in [-0.3, -0.25) is 9.59 Å². The summed E-state index contributed by atoms with van der Waals surface area (Å²) < 4.78 is 4.98. The topological polar surface area (TPSA) is 75.6 Å². The van der Waals surface area contributed by atoms with Gasteiger partial charge in [-0.15, -0.1) is 0 Å². The number of carbonyl (C=O) groups excluding carboxylic acids is 1. The summed E-state index contributed by atoms with van der Waals surface area (Å²) in [5.74, 6) is -1.47. The first-order chi connectivity index (χ1) is 5.93. The molecule has 0 saturated heterocycles. The molecule has 0 aliphatic rings. The lowest BCUT2D eigenvalue weighted by Crippen LogP contribution is -2.40. The number of aliphatic carboxylic acids is 1. The molecule has 0 radical (unpaired) electrons. The van der Waals surface area contributed by atoms with E-state index in [1.165, 1.54) is 6.92 Å². The molecule has 0 fully saturated rings. The largest absolute Gasteiger partial charge is 0.480 e. The lowest BCUT2D eigenvalue weighted by molar-refractivity contribution is -0.142. The maximum atomic E-state index is 11.0. The number of hydrogen-bond acceptors (Lipinski definition) is 3. The Hall–Kier alpha value is -1.10. The third-order valence-electron chi connectivity index (χ3n) is 1.30. The molecule has 5 nitrogen and oxygen atoms in total. The number of carboxylic acid groups (broad SMARTS) is 1. The van der Waals surface area contributed by atoms with Gasteiger partial charge in [-0.25, -0.2) is 0 Å². The van der Waals surface area contributed by atoms with Crippen molar-refractivity contribution in [1.29, 1.82) is 0 Å². The number of amides is 1. The number of carbonyl (C=O) groups is 2. The van der Waals surface area contributed by atoms with Crippen molar-refractivity contribution >= 4 is 11.9 Å². The van der Waals surface area contributed by atoms with Crippen molar-refractivity contribution in [3.05, 3.63) is 0 Å². The van der Waals surface area contributed by atoms with Crippen molar-refractivity contribution in [2.75, 3.05) is 6.61 Å². The molecular weight excluding hydrogens is 174 g/mol. The molecule has 0 aromatic heterocycles. The van der Waals surface area contributed by atoms with E-state index >= 15 is 0 Å². The second-order valence-electron chi connectivity index (χ2n) is 2.99. The standard InChI is InChI=1S/C8H15NO4/c1-5(2)13-4-7(10)9-6(3)8(11)12/h5-6H,4H2,1-3H3,(H,9,10)(H,11,12)/t6-/m0/s1. The smallest absolute Gasteiger partial charge is 0.325 e. The zero-order chi connectivity index (χ0) is 10.4. The molecule has 0 aliphatic carbocycles. The Morgan fingerprint density at radius 1 is 1.38 bits per heavy atom. The Bertz CT molecular complexity index is 191. The Labute approximate surface area is 77.1 Å². The molecule has 0 aromatic rings. The highest BCUT2D eigenvalue weighted by molar-refractivity contribution is 5.83. The molecule has 0 saturated carbocycles. The minimum Gasteiger partial charge on any atom is -0.480 e. The van der Waals surface area contributed by atoms with Crippen LogP contribution in [0.1, 0.15) is 20.8 Å². The maximum absolute atomic E-state index is 11.0. The molecule has 2 N–H and O–H groups in total. The van der Waals surface area contributed by atoms with E-state index in [-0.39, 0.29) is 12.7 Å². The number of hydrogen-bond donors (Lipinski definition) is 2. The van der Waals surface area contributed by atoms with Gasteiger partial charge in [-0.05, 0) is 20.8 Å². The van der Waals surface area contributed by atoms with E-state index in [1.54, 1.807) is 13.8 Å². The third-order valence-corrected chi connectivity index (χ3v) is 1.30. The van der Waals surface area contributed by atoms with Crippen LogP contribution < -0.4 is 5.32 Å². The molecule has 1 atom stereocenters. The lowest BCUT2D eigenvalue weighted by Gasteiger charge is -2.10. The van der Waals surface area contributed by atoms with Gasteiger partial charge in [-0.2, -0.15) is 0 Å². The Balaban J connectivity index is 3.68.